The number of halogens is 7. The molecule has 0 heterocycles. The van der Waals surface area contributed by atoms with E-state index in [9.17, 15) is 35.9 Å². The summed E-state index contributed by atoms with van der Waals surface area (Å²) < 4.78 is 78.8. The zero-order chi connectivity index (χ0) is 24.4. The minimum atomic E-state index is -5.08. The van der Waals surface area contributed by atoms with Crippen LogP contribution in [0.5, 0.6) is 0 Å². The fourth-order valence-corrected chi connectivity index (χ4v) is 3.20. The van der Waals surface area contributed by atoms with Crippen LogP contribution in [0.15, 0.2) is 71.2 Å². The molecule has 3 rings (SSSR count). The van der Waals surface area contributed by atoms with Crippen molar-refractivity contribution in [3.63, 3.8) is 0 Å². The van der Waals surface area contributed by atoms with Gasteiger partial charge in [-0.3, -0.25) is 9.59 Å². The van der Waals surface area contributed by atoms with E-state index < -0.39 is 40.9 Å². The molecule has 3 aromatic rings. The molecule has 0 aliphatic carbocycles. The topological polar surface area (TPSA) is 58.2 Å². The van der Waals surface area contributed by atoms with Gasteiger partial charge in [0, 0.05) is 27.0 Å². The van der Waals surface area contributed by atoms with Crippen molar-refractivity contribution >= 4 is 39.1 Å². The molecule has 0 aromatic heterocycles. The van der Waals surface area contributed by atoms with E-state index in [1.54, 1.807) is 24.3 Å². The molecule has 0 aliphatic rings. The van der Waals surface area contributed by atoms with Gasteiger partial charge < -0.3 is 10.6 Å². The lowest BCUT2D eigenvalue weighted by atomic mass is 10.0. The second-order valence-corrected chi connectivity index (χ2v) is 7.71. The molecule has 3 aromatic carbocycles. The molecular weight excluding hydrogens is 518 g/mol. The third-order valence-corrected chi connectivity index (χ3v) is 4.81. The SMILES string of the molecule is O=C(Nc1cccc(NC(=O)c2cc(C(F)(F)F)cc(C(F)(F)F)c2)c1)c1cccc(Br)c1. The Labute approximate surface area is 191 Å². The molecule has 0 aliphatic heterocycles. The molecule has 11 heteroatoms. The van der Waals surface area contributed by atoms with Gasteiger partial charge in [0.25, 0.3) is 11.8 Å². The number of hydrogen-bond donors (Lipinski definition) is 2. The number of anilines is 2. The molecule has 2 N–H and O–H groups in total. The maximum atomic E-state index is 13.0. The number of nitrogens with one attached hydrogen (secondary N) is 2. The Balaban J connectivity index is 1.83. The van der Waals surface area contributed by atoms with Crippen LogP contribution in [0.2, 0.25) is 0 Å². The summed E-state index contributed by atoms with van der Waals surface area (Å²) in [5.74, 6) is -1.64. The molecule has 0 radical (unpaired) electrons. The predicted molar refractivity (Wildman–Crippen MR) is 113 cm³/mol. The van der Waals surface area contributed by atoms with Crippen LogP contribution in [-0.2, 0) is 12.4 Å². The Hall–Kier alpha value is -3.34. The minimum absolute atomic E-state index is 0.0537. The first-order chi connectivity index (χ1) is 15.3. The van der Waals surface area contributed by atoms with Gasteiger partial charge in [0.05, 0.1) is 11.1 Å². The quantitative estimate of drug-likeness (QED) is 0.357. The van der Waals surface area contributed by atoms with Gasteiger partial charge in [-0.2, -0.15) is 26.3 Å². The monoisotopic (exact) mass is 530 g/mol. The van der Waals surface area contributed by atoms with Crippen molar-refractivity contribution in [2.24, 2.45) is 0 Å². The maximum absolute atomic E-state index is 13.0. The van der Waals surface area contributed by atoms with Crippen LogP contribution < -0.4 is 10.6 Å². The average molecular weight is 531 g/mol. The second kappa shape index (κ2) is 9.26. The lowest BCUT2D eigenvalue weighted by molar-refractivity contribution is -0.143. The van der Waals surface area contributed by atoms with Crippen molar-refractivity contribution in [3.8, 4) is 0 Å². The highest BCUT2D eigenvalue weighted by Crippen LogP contribution is 2.36. The molecule has 0 atom stereocenters. The Morgan fingerprint density at radius 2 is 1.12 bits per heavy atom. The number of alkyl halides is 6. The van der Waals surface area contributed by atoms with Crippen LogP contribution in [0.25, 0.3) is 0 Å². The Kier molecular flexibility index (Phi) is 6.82. The molecule has 0 bridgehead atoms. The van der Waals surface area contributed by atoms with Crippen LogP contribution in [-0.4, -0.2) is 11.8 Å². The normalized spacial score (nSPS) is 11.7. The highest BCUT2D eigenvalue weighted by atomic mass is 79.9. The standard InChI is InChI=1S/C22H13BrF6N2O2/c23-16-4-1-3-12(9-16)19(32)30-17-5-2-6-18(11-17)31-20(33)13-7-14(21(24,25)26)10-15(8-13)22(27,28)29/h1-11H,(H,30,32)(H,31,33). The lowest BCUT2D eigenvalue weighted by Crippen LogP contribution is -2.17. The highest BCUT2D eigenvalue weighted by molar-refractivity contribution is 9.10. The van der Waals surface area contributed by atoms with Gasteiger partial charge in [0.1, 0.15) is 0 Å². The van der Waals surface area contributed by atoms with Gasteiger partial charge in [-0.1, -0.05) is 28.1 Å². The molecule has 172 valence electrons. The summed E-state index contributed by atoms with van der Waals surface area (Å²) in [4.78, 5) is 24.8. The molecule has 0 fully saturated rings. The summed E-state index contributed by atoms with van der Waals surface area (Å²) >= 11 is 3.24. The summed E-state index contributed by atoms with van der Waals surface area (Å²) in [5.41, 5.74) is -3.38. The summed E-state index contributed by atoms with van der Waals surface area (Å²) in [5, 5.41) is 4.83. The Morgan fingerprint density at radius 3 is 1.61 bits per heavy atom. The van der Waals surface area contributed by atoms with Crippen molar-refractivity contribution in [1.29, 1.82) is 0 Å². The van der Waals surface area contributed by atoms with Gasteiger partial charge in [0.2, 0.25) is 0 Å². The third kappa shape index (κ3) is 6.35. The third-order valence-electron chi connectivity index (χ3n) is 4.31. The number of amides is 2. The molecule has 0 saturated carbocycles. The fourth-order valence-electron chi connectivity index (χ4n) is 2.80. The van der Waals surface area contributed by atoms with E-state index in [-0.39, 0.29) is 17.4 Å². The molecule has 0 unspecified atom stereocenters. The van der Waals surface area contributed by atoms with E-state index in [1.165, 1.54) is 24.3 Å². The summed E-state index contributed by atoms with van der Waals surface area (Å²) in [6, 6.07) is 12.8. The summed E-state index contributed by atoms with van der Waals surface area (Å²) in [6.07, 6.45) is -10.2. The van der Waals surface area contributed by atoms with Gasteiger partial charge >= 0.3 is 12.4 Å². The van der Waals surface area contributed by atoms with Crippen LogP contribution in [0.1, 0.15) is 31.8 Å². The summed E-state index contributed by atoms with van der Waals surface area (Å²) in [6.45, 7) is 0. The lowest BCUT2D eigenvalue weighted by Gasteiger charge is -2.14. The molecular formula is C22H13BrF6N2O2. The minimum Gasteiger partial charge on any atom is -0.322 e. The average Bonchev–Trinajstić information content (AvgIpc) is 2.72. The van der Waals surface area contributed by atoms with Gasteiger partial charge in [0.15, 0.2) is 0 Å². The smallest absolute Gasteiger partial charge is 0.322 e. The number of carbonyl (C=O) groups excluding carboxylic acids is 2. The highest BCUT2D eigenvalue weighted by Gasteiger charge is 2.37. The molecule has 2 amide bonds. The molecule has 4 nitrogen and oxygen atoms in total. The Bertz CT molecular complexity index is 1180. The first-order valence-electron chi connectivity index (χ1n) is 9.11. The van der Waals surface area contributed by atoms with Crippen molar-refractivity contribution in [2.75, 3.05) is 10.6 Å². The van der Waals surface area contributed by atoms with E-state index in [1.807, 2.05) is 0 Å². The number of rotatable bonds is 4. The zero-order valence-electron chi connectivity index (χ0n) is 16.3. The van der Waals surface area contributed by atoms with Gasteiger partial charge in [-0.25, -0.2) is 0 Å². The van der Waals surface area contributed by atoms with Crippen molar-refractivity contribution in [3.05, 3.63) is 93.5 Å². The van der Waals surface area contributed by atoms with Crippen LogP contribution in [0, 0.1) is 0 Å². The van der Waals surface area contributed by atoms with Crippen LogP contribution in [0.4, 0.5) is 37.7 Å². The second-order valence-electron chi connectivity index (χ2n) is 6.79. The van der Waals surface area contributed by atoms with Crippen molar-refractivity contribution in [1.82, 2.24) is 0 Å². The molecule has 0 saturated heterocycles. The largest absolute Gasteiger partial charge is 0.416 e. The van der Waals surface area contributed by atoms with E-state index in [0.29, 0.717) is 22.2 Å². The molecule has 33 heavy (non-hydrogen) atoms. The first kappa shape index (κ1) is 24.3. The maximum Gasteiger partial charge on any atom is 0.416 e. The van der Waals surface area contributed by atoms with Crippen LogP contribution in [0.3, 0.4) is 0 Å². The number of hydrogen-bond acceptors (Lipinski definition) is 2. The van der Waals surface area contributed by atoms with Gasteiger partial charge in [-0.05, 0) is 54.6 Å². The molecule has 0 spiro atoms. The first-order valence-corrected chi connectivity index (χ1v) is 9.90. The summed E-state index contributed by atoms with van der Waals surface area (Å²) in [7, 11) is 0. The van der Waals surface area contributed by atoms with Gasteiger partial charge in [-0.15, -0.1) is 0 Å². The number of benzene rings is 3. The van der Waals surface area contributed by atoms with E-state index in [2.05, 4.69) is 26.6 Å². The zero-order valence-corrected chi connectivity index (χ0v) is 17.9. The van der Waals surface area contributed by atoms with Crippen LogP contribution >= 0.6 is 15.9 Å². The van der Waals surface area contributed by atoms with E-state index >= 15 is 0 Å². The fraction of sp³-hybridized carbons (Fsp3) is 0.0909. The Morgan fingerprint density at radius 1 is 0.636 bits per heavy atom. The predicted octanol–water partition coefficient (Wildman–Crippen LogP) is 6.99. The van der Waals surface area contributed by atoms with E-state index in [0.717, 1.165) is 0 Å². The van der Waals surface area contributed by atoms with Crippen molar-refractivity contribution < 1.29 is 35.9 Å². The van der Waals surface area contributed by atoms with E-state index in [4.69, 9.17) is 0 Å². The van der Waals surface area contributed by atoms with Crippen molar-refractivity contribution in [2.45, 2.75) is 12.4 Å². The number of carbonyl (C=O) groups is 2.